The number of hydrogen-bond acceptors (Lipinski definition) is 6. The van der Waals surface area contributed by atoms with Gasteiger partial charge in [0.15, 0.2) is 0 Å². The first-order chi connectivity index (χ1) is 11.2. The van der Waals surface area contributed by atoms with E-state index in [0.29, 0.717) is 6.54 Å². The van der Waals surface area contributed by atoms with Crippen LogP contribution in [0.2, 0.25) is 5.02 Å². The van der Waals surface area contributed by atoms with Crippen LogP contribution in [-0.4, -0.2) is 31.6 Å². The van der Waals surface area contributed by atoms with E-state index in [2.05, 4.69) is 18.7 Å². The molecule has 0 atom stereocenters. The van der Waals surface area contributed by atoms with Crippen molar-refractivity contribution in [3.8, 4) is 0 Å². The van der Waals surface area contributed by atoms with E-state index in [1.165, 1.54) is 4.68 Å². The zero-order valence-electron chi connectivity index (χ0n) is 12.3. The molecule has 1 saturated heterocycles. The molecule has 3 aromatic rings. The molecule has 1 aliphatic rings. The summed E-state index contributed by atoms with van der Waals surface area (Å²) in [6.07, 6.45) is 3.94. The Balaban J connectivity index is 1.71. The zero-order valence-corrected chi connectivity index (χ0v) is 13.8. The fraction of sp³-hybridized carbons (Fsp3) is 0.333. The van der Waals surface area contributed by atoms with E-state index in [0.717, 1.165) is 59.9 Å². The highest BCUT2D eigenvalue weighted by Gasteiger charge is 2.19. The number of benzene rings is 1. The molecule has 23 heavy (non-hydrogen) atoms. The van der Waals surface area contributed by atoms with Crippen LogP contribution in [0.5, 0.6) is 0 Å². The van der Waals surface area contributed by atoms with Gasteiger partial charge in [-0.25, -0.2) is 4.68 Å². The summed E-state index contributed by atoms with van der Waals surface area (Å²) in [6, 6.07) is 5.74. The Morgan fingerprint density at radius 2 is 2.04 bits per heavy atom. The maximum atomic E-state index is 12.5. The monoisotopic (exact) mass is 347 g/mol. The molecule has 1 fully saturated rings. The third-order valence-corrected chi connectivity index (χ3v) is 5.00. The van der Waals surface area contributed by atoms with Crippen LogP contribution in [-0.2, 0) is 6.54 Å². The van der Waals surface area contributed by atoms with Crippen molar-refractivity contribution in [1.82, 2.24) is 18.5 Å². The lowest BCUT2D eigenvalue weighted by Gasteiger charge is -2.18. The van der Waals surface area contributed by atoms with Crippen LogP contribution in [0.25, 0.3) is 11.0 Å². The average molecular weight is 348 g/mol. The minimum Gasteiger partial charge on any atom is -0.369 e. The van der Waals surface area contributed by atoms with Gasteiger partial charge in [0.05, 0.1) is 30.2 Å². The van der Waals surface area contributed by atoms with Gasteiger partial charge in [0.1, 0.15) is 16.1 Å². The molecule has 0 aliphatic carbocycles. The van der Waals surface area contributed by atoms with Gasteiger partial charge in [-0.05, 0) is 18.9 Å². The third-order valence-electron chi connectivity index (χ3n) is 4.10. The van der Waals surface area contributed by atoms with Gasteiger partial charge in [0.25, 0.3) is 5.56 Å². The highest BCUT2D eigenvalue weighted by molar-refractivity contribution is 7.00. The minimum absolute atomic E-state index is 0.241. The predicted octanol–water partition coefficient (Wildman–Crippen LogP) is 2.55. The van der Waals surface area contributed by atoms with Crippen molar-refractivity contribution in [2.75, 3.05) is 18.0 Å². The van der Waals surface area contributed by atoms with Crippen molar-refractivity contribution in [3.63, 3.8) is 0 Å². The molecular formula is C15H14ClN5OS. The second kappa shape index (κ2) is 5.90. The second-order valence-electron chi connectivity index (χ2n) is 5.55. The van der Waals surface area contributed by atoms with E-state index in [1.807, 2.05) is 18.2 Å². The number of nitrogens with zero attached hydrogens (tertiary/aromatic N) is 5. The quantitative estimate of drug-likeness (QED) is 0.728. The van der Waals surface area contributed by atoms with Crippen LogP contribution < -0.4 is 10.5 Å². The molecule has 0 N–H and O–H groups in total. The number of rotatable bonds is 3. The van der Waals surface area contributed by atoms with Crippen molar-refractivity contribution in [1.29, 1.82) is 0 Å². The summed E-state index contributed by atoms with van der Waals surface area (Å²) in [4.78, 5) is 14.7. The first kappa shape index (κ1) is 14.6. The lowest BCUT2D eigenvalue weighted by atomic mass is 10.2. The molecule has 6 nitrogen and oxygen atoms in total. The van der Waals surface area contributed by atoms with Crippen LogP contribution in [0, 0.1) is 0 Å². The minimum atomic E-state index is -0.267. The summed E-state index contributed by atoms with van der Waals surface area (Å²) >= 11 is 7.46. The highest BCUT2D eigenvalue weighted by atomic mass is 35.5. The number of hydrogen-bond donors (Lipinski definition) is 0. The van der Waals surface area contributed by atoms with Gasteiger partial charge in [-0.2, -0.15) is 13.8 Å². The molecule has 0 amide bonds. The summed E-state index contributed by atoms with van der Waals surface area (Å²) in [5.41, 5.74) is 3.03. The van der Waals surface area contributed by atoms with Crippen LogP contribution in [0.3, 0.4) is 0 Å². The Labute approximate surface area is 141 Å². The Kier molecular flexibility index (Phi) is 3.74. The predicted molar refractivity (Wildman–Crippen MR) is 91.5 cm³/mol. The molecule has 0 bridgehead atoms. The summed E-state index contributed by atoms with van der Waals surface area (Å²) in [5.74, 6) is 0. The average Bonchev–Trinajstić information content (AvgIpc) is 3.23. The smallest absolute Gasteiger partial charge is 0.287 e. The fourth-order valence-corrected chi connectivity index (χ4v) is 3.73. The Hall–Kier alpha value is -1.99. The van der Waals surface area contributed by atoms with Crippen molar-refractivity contribution in [2.24, 2.45) is 0 Å². The summed E-state index contributed by atoms with van der Waals surface area (Å²) in [6.45, 7) is 2.19. The van der Waals surface area contributed by atoms with Crippen LogP contribution in [0.15, 0.2) is 29.2 Å². The Morgan fingerprint density at radius 3 is 2.87 bits per heavy atom. The second-order valence-corrected chi connectivity index (χ2v) is 6.46. The molecule has 2 aromatic heterocycles. The molecule has 1 aliphatic heterocycles. The first-order valence-corrected chi connectivity index (χ1v) is 8.55. The summed E-state index contributed by atoms with van der Waals surface area (Å²) in [7, 11) is 0. The first-order valence-electron chi connectivity index (χ1n) is 7.45. The van der Waals surface area contributed by atoms with Gasteiger partial charge in [-0.3, -0.25) is 4.79 Å². The molecule has 118 valence electrons. The van der Waals surface area contributed by atoms with Crippen LogP contribution in [0.1, 0.15) is 18.4 Å². The van der Waals surface area contributed by atoms with Crippen molar-refractivity contribution >= 4 is 40.0 Å². The van der Waals surface area contributed by atoms with Gasteiger partial charge < -0.3 is 4.90 Å². The van der Waals surface area contributed by atoms with Gasteiger partial charge in [-0.15, -0.1) is 0 Å². The molecular weight excluding hydrogens is 334 g/mol. The van der Waals surface area contributed by atoms with Crippen LogP contribution in [0.4, 0.5) is 5.69 Å². The Bertz CT molecular complexity index is 916. The lowest BCUT2D eigenvalue weighted by Crippen LogP contribution is -2.28. The van der Waals surface area contributed by atoms with Gasteiger partial charge in [-0.1, -0.05) is 23.7 Å². The molecule has 0 spiro atoms. The van der Waals surface area contributed by atoms with Gasteiger partial charge >= 0.3 is 0 Å². The fourth-order valence-electron chi connectivity index (χ4n) is 2.90. The molecule has 0 saturated carbocycles. The van der Waals surface area contributed by atoms with Gasteiger partial charge in [0.2, 0.25) is 0 Å². The van der Waals surface area contributed by atoms with Crippen molar-refractivity contribution in [3.05, 3.63) is 45.3 Å². The Morgan fingerprint density at radius 1 is 1.22 bits per heavy atom. The summed E-state index contributed by atoms with van der Waals surface area (Å²) < 4.78 is 9.90. The van der Waals surface area contributed by atoms with E-state index in [9.17, 15) is 4.79 Å². The number of halogens is 1. The SMILES string of the molecule is O=c1c(Cl)c(N2CCCC2)cnn1Cc1cccc2nsnc12. The largest absolute Gasteiger partial charge is 0.369 e. The van der Waals surface area contributed by atoms with Gasteiger partial charge in [0, 0.05) is 18.7 Å². The maximum absolute atomic E-state index is 12.5. The molecule has 0 unspecified atom stereocenters. The molecule has 4 rings (SSSR count). The number of aromatic nitrogens is 4. The molecule has 0 radical (unpaired) electrons. The number of anilines is 1. The van der Waals surface area contributed by atoms with E-state index in [-0.39, 0.29) is 10.6 Å². The highest BCUT2D eigenvalue weighted by Crippen LogP contribution is 2.25. The van der Waals surface area contributed by atoms with E-state index in [1.54, 1.807) is 6.20 Å². The maximum Gasteiger partial charge on any atom is 0.287 e. The van der Waals surface area contributed by atoms with Crippen LogP contribution >= 0.6 is 23.3 Å². The molecule has 3 heterocycles. The topological polar surface area (TPSA) is 63.9 Å². The molecule has 8 heteroatoms. The standard InChI is InChI=1S/C15H14ClN5OS/c16-13-12(20-6-1-2-7-20)8-17-21(15(13)22)9-10-4-3-5-11-14(10)19-23-18-11/h3-5,8H,1-2,6-7,9H2. The lowest BCUT2D eigenvalue weighted by molar-refractivity contribution is 0.640. The van der Waals surface area contributed by atoms with E-state index >= 15 is 0 Å². The molecule has 1 aromatic carbocycles. The van der Waals surface area contributed by atoms with E-state index < -0.39 is 0 Å². The normalized spacial score (nSPS) is 14.7. The summed E-state index contributed by atoms with van der Waals surface area (Å²) in [5, 5.41) is 4.54. The number of fused-ring (bicyclic) bond motifs is 1. The third kappa shape index (κ3) is 2.60. The van der Waals surface area contributed by atoms with Crippen molar-refractivity contribution < 1.29 is 0 Å². The van der Waals surface area contributed by atoms with Crippen molar-refractivity contribution in [2.45, 2.75) is 19.4 Å². The van der Waals surface area contributed by atoms with E-state index in [4.69, 9.17) is 11.6 Å². The zero-order chi connectivity index (χ0) is 15.8.